The van der Waals surface area contributed by atoms with E-state index in [0.717, 1.165) is 5.75 Å². The summed E-state index contributed by atoms with van der Waals surface area (Å²) in [5.74, 6) is 0.682. The van der Waals surface area contributed by atoms with Crippen molar-refractivity contribution in [3.63, 3.8) is 0 Å². The lowest BCUT2D eigenvalue weighted by Gasteiger charge is -2.02. The topological polar surface area (TPSA) is 44.8 Å². The van der Waals surface area contributed by atoms with Crippen LogP contribution in [0, 0.1) is 0 Å². The Morgan fingerprint density at radius 1 is 1.15 bits per heavy atom. The SMILES string of the molecule is COc1ccc(OOC(C)=O)cc1. The van der Waals surface area contributed by atoms with Gasteiger partial charge in [-0.05, 0) is 24.3 Å². The van der Waals surface area contributed by atoms with Gasteiger partial charge in [0.15, 0.2) is 5.75 Å². The van der Waals surface area contributed by atoms with E-state index in [1.807, 2.05) is 0 Å². The first-order valence-corrected chi connectivity index (χ1v) is 3.71. The molecule has 4 heteroatoms. The van der Waals surface area contributed by atoms with Crippen molar-refractivity contribution in [2.45, 2.75) is 6.92 Å². The van der Waals surface area contributed by atoms with E-state index in [1.165, 1.54) is 6.92 Å². The van der Waals surface area contributed by atoms with Gasteiger partial charge in [-0.15, -0.1) is 0 Å². The molecule has 1 aromatic rings. The monoisotopic (exact) mass is 182 g/mol. The third-order valence-electron chi connectivity index (χ3n) is 1.31. The zero-order chi connectivity index (χ0) is 9.68. The van der Waals surface area contributed by atoms with Crippen molar-refractivity contribution >= 4 is 5.97 Å². The lowest BCUT2D eigenvalue weighted by molar-refractivity contribution is -0.210. The Labute approximate surface area is 76.0 Å². The number of hydrogen-bond acceptors (Lipinski definition) is 4. The number of hydrogen-bond donors (Lipinski definition) is 0. The van der Waals surface area contributed by atoms with Crippen LogP contribution in [0.15, 0.2) is 24.3 Å². The summed E-state index contributed by atoms with van der Waals surface area (Å²) in [6, 6.07) is 6.70. The minimum absolute atomic E-state index is 0.455. The molecule has 0 aromatic heterocycles. The molecular formula is C9H10O4. The molecule has 13 heavy (non-hydrogen) atoms. The number of methoxy groups -OCH3 is 1. The Morgan fingerprint density at radius 3 is 2.15 bits per heavy atom. The van der Waals surface area contributed by atoms with Crippen LogP contribution in [0.25, 0.3) is 0 Å². The van der Waals surface area contributed by atoms with Crippen molar-refractivity contribution in [2.24, 2.45) is 0 Å². The first kappa shape index (κ1) is 9.38. The predicted octanol–water partition coefficient (Wildman–Crippen LogP) is 1.55. The maximum atomic E-state index is 10.4. The first-order valence-electron chi connectivity index (χ1n) is 3.71. The second kappa shape index (κ2) is 4.35. The first-order chi connectivity index (χ1) is 6.22. The van der Waals surface area contributed by atoms with Gasteiger partial charge in [0, 0.05) is 6.92 Å². The third kappa shape index (κ3) is 3.02. The molecule has 0 radical (unpaired) electrons. The van der Waals surface area contributed by atoms with Gasteiger partial charge in [0.1, 0.15) is 5.75 Å². The average molecular weight is 182 g/mol. The molecule has 0 atom stereocenters. The molecule has 0 N–H and O–H groups in total. The fourth-order valence-corrected chi connectivity index (χ4v) is 0.738. The predicted molar refractivity (Wildman–Crippen MR) is 45.4 cm³/mol. The highest BCUT2D eigenvalue weighted by atomic mass is 17.2. The Hall–Kier alpha value is -1.71. The van der Waals surface area contributed by atoms with Crippen LogP contribution < -0.4 is 9.62 Å². The summed E-state index contributed by atoms with van der Waals surface area (Å²) in [6.45, 7) is 1.27. The lowest BCUT2D eigenvalue weighted by atomic mass is 10.3. The van der Waals surface area contributed by atoms with Crippen LogP contribution in [0.1, 0.15) is 6.92 Å². The minimum Gasteiger partial charge on any atom is -0.497 e. The highest BCUT2D eigenvalue weighted by Gasteiger charge is 1.97. The molecule has 0 unspecified atom stereocenters. The van der Waals surface area contributed by atoms with Crippen molar-refractivity contribution in [1.29, 1.82) is 0 Å². The Bertz CT molecular complexity index is 278. The number of carbonyl (C=O) groups is 1. The van der Waals surface area contributed by atoms with Crippen molar-refractivity contribution < 1.29 is 19.3 Å². The number of ether oxygens (including phenoxy) is 1. The standard InChI is InChI=1S/C9H10O4/c1-7(10)12-13-9-5-3-8(11-2)4-6-9/h3-6H,1-2H3. The molecule has 0 fully saturated rings. The van der Waals surface area contributed by atoms with Gasteiger partial charge in [-0.2, -0.15) is 0 Å². The summed E-state index contributed by atoms with van der Waals surface area (Å²) in [7, 11) is 1.57. The van der Waals surface area contributed by atoms with E-state index in [2.05, 4.69) is 9.78 Å². The molecule has 0 amide bonds. The van der Waals surface area contributed by atoms with E-state index in [4.69, 9.17) is 4.74 Å². The van der Waals surface area contributed by atoms with Gasteiger partial charge in [0.2, 0.25) is 0 Å². The molecule has 0 saturated heterocycles. The summed E-state index contributed by atoms with van der Waals surface area (Å²) < 4.78 is 4.93. The van der Waals surface area contributed by atoms with Crippen LogP contribution in [-0.2, 0) is 9.68 Å². The van der Waals surface area contributed by atoms with E-state index in [1.54, 1.807) is 31.4 Å². The number of rotatable bonds is 3. The molecule has 0 spiro atoms. The third-order valence-corrected chi connectivity index (χ3v) is 1.31. The Morgan fingerprint density at radius 2 is 1.69 bits per heavy atom. The molecule has 0 aliphatic rings. The van der Waals surface area contributed by atoms with Gasteiger partial charge >= 0.3 is 5.97 Å². The maximum absolute atomic E-state index is 10.4. The molecule has 0 aliphatic heterocycles. The average Bonchev–Trinajstić information content (AvgIpc) is 2.15. The van der Waals surface area contributed by atoms with Crippen LogP contribution in [0.4, 0.5) is 0 Å². The van der Waals surface area contributed by atoms with Crippen molar-refractivity contribution in [2.75, 3.05) is 7.11 Å². The molecule has 1 rings (SSSR count). The van der Waals surface area contributed by atoms with Crippen molar-refractivity contribution in [3.05, 3.63) is 24.3 Å². The molecule has 0 bridgehead atoms. The molecule has 70 valence electrons. The smallest absolute Gasteiger partial charge is 0.352 e. The van der Waals surface area contributed by atoms with Crippen LogP contribution in [0.3, 0.4) is 0 Å². The largest absolute Gasteiger partial charge is 0.497 e. The number of benzene rings is 1. The lowest BCUT2D eigenvalue weighted by Crippen LogP contribution is -2.02. The molecule has 0 saturated carbocycles. The van der Waals surface area contributed by atoms with Crippen molar-refractivity contribution in [1.82, 2.24) is 0 Å². The minimum atomic E-state index is -0.490. The van der Waals surface area contributed by atoms with Crippen LogP contribution in [-0.4, -0.2) is 13.1 Å². The molecule has 1 aromatic carbocycles. The molecule has 0 heterocycles. The second-order valence-corrected chi connectivity index (χ2v) is 2.33. The zero-order valence-electron chi connectivity index (χ0n) is 7.44. The van der Waals surface area contributed by atoms with E-state index in [0.29, 0.717) is 5.75 Å². The van der Waals surface area contributed by atoms with Gasteiger partial charge in [0.25, 0.3) is 0 Å². The number of carbonyl (C=O) groups excluding carboxylic acids is 1. The van der Waals surface area contributed by atoms with Crippen LogP contribution in [0.5, 0.6) is 11.5 Å². The second-order valence-electron chi connectivity index (χ2n) is 2.33. The highest BCUT2D eigenvalue weighted by molar-refractivity contribution is 5.65. The molecule has 4 nitrogen and oxygen atoms in total. The fourth-order valence-electron chi connectivity index (χ4n) is 0.738. The summed E-state index contributed by atoms with van der Waals surface area (Å²) >= 11 is 0. The normalized spacial score (nSPS) is 9.08. The van der Waals surface area contributed by atoms with Crippen molar-refractivity contribution in [3.8, 4) is 11.5 Å². The Balaban J connectivity index is 2.54. The fraction of sp³-hybridized carbons (Fsp3) is 0.222. The van der Waals surface area contributed by atoms with Gasteiger partial charge in [-0.1, -0.05) is 0 Å². The summed E-state index contributed by atoms with van der Waals surface area (Å²) in [4.78, 5) is 19.4. The highest BCUT2D eigenvalue weighted by Crippen LogP contribution is 2.16. The van der Waals surface area contributed by atoms with E-state index in [-0.39, 0.29) is 0 Å². The van der Waals surface area contributed by atoms with Crippen LogP contribution >= 0.6 is 0 Å². The van der Waals surface area contributed by atoms with Gasteiger partial charge < -0.3 is 4.74 Å². The van der Waals surface area contributed by atoms with Gasteiger partial charge in [0.05, 0.1) is 7.11 Å². The zero-order valence-corrected chi connectivity index (χ0v) is 7.44. The summed E-state index contributed by atoms with van der Waals surface area (Å²) in [6.07, 6.45) is 0. The molecule has 0 aliphatic carbocycles. The van der Waals surface area contributed by atoms with Gasteiger partial charge in [-0.3, -0.25) is 9.78 Å². The summed E-state index contributed by atoms with van der Waals surface area (Å²) in [5.41, 5.74) is 0. The van der Waals surface area contributed by atoms with E-state index < -0.39 is 5.97 Å². The van der Waals surface area contributed by atoms with E-state index >= 15 is 0 Å². The maximum Gasteiger partial charge on any atom is 0.352 e. The quantitative estimate of drug-likeness (QED) is 0.525. The summed E-state index contributed by atoms with van der Waals surface area (Å²) in [5, 5.41) is 0. The van der Waals surface area contributed by atoms with Gasteiger partial charge in [-0.25, -0.2) is 4.79 Å². The van der Waals surface area contributed by atoms with E-state index in [9.17, 15) is 4.79 Å². The Kier molecular flexibility index (Phi) is 3.14. The molecular weight excluding hydrogens is 172 g/mol. The van der Waals surface area contributed by atoms with Crippen LogP contribution in [0.2, 0.25) is 0 Å².